The summed E-state index contributed by atoms with van der Waals surface area (Å²) >= 11 is 0. The van der Waals surface area contributed by atoms with Crippen LogP contribution in [0.15, 0.2) is 52.9 Å². The van der Waals surface area contributed by atoms with E-state index in [1.807, 2.05) is 17.9 Å². The number of hydrogen-bond donors (Lipinski definition) is 3. The molecule has 4 rings (SSSR count). The Bertz CT molecular complexity index is 1120. The van der Waals surface area contributed by atoms with Crippen molar-refractivity contribution in [2.24, 2.45) is 4.99 Å². The van der Waals surface area contributed by atoms with E-state index in [1.54, 1.807) is 0 Å². The molecule has 0 radical (unpaired) electrons. The van der Waals surface area contributed by atoms with Gasteiger partial charge in [0, 0.05) is 29.7 Å². The summed E-state index contributed by atoms with van der Waals surface area (Å²) in [6, 6.07) is 4.43. The highest BCUT2D eigenvalue weighted by atomic mass is 19.1. The minimum Gasteiger partial charge on any atom is -0.348 e. The Hall–Kier alpha value is -3.49. The Kier molecular flexibility index (Phi) is 7.09. The number of aromatic amines is 1. The van der Waals surface area contributed by atoms with Gasteiger partial charge in [0.1, 0.15) is 11.9 Å². The molecular weight excluding hydrogens is 433 g/mol. The number of anilines is 2. The van der Waals surface area contributed by atoms with E-state index in [4.69, 9.17) is 4.99 Å². The lowest BCUT2D eigenvalue weighted by atomic mass is 10.1. The van der Waals surface area contributed by atoms with Gasteiger partial charge in [-0.1, -0.05) is 20.4 Å². The third-order valence-corrected chi connectivity index (χ3v) is 6.31. The van der Waals surface area contributed by atoms with Crippen LogP contribution in [0, 0.1) is 5.95 Å². The van der Waals surface area contributed by atoms with Crippen molar-refractivity contribution in [1.29, 1.82) is 0 Å². The minimum absolute atomic E-state index is 0.133. The van der Waals surface area contributed by atoms with Crippen molar-refractivity contribution in [2.45, 2.75) is 64.8 Å². The van der Waals surface area contributed by atoms with Crippen LogP contribution >= 0.6 is 0 Å². The molecule has 34 heavy (non-hydrogen) atoms. The molecule has 3 heterocycles. The van der Waals surface area contributed by atoms with Crippen molar-refractivity contribution < 1.29 is 9.18 Å². The van der Waals surface area contributed by atoms with Crippen molar-refractivity contribution >= 4 is 23.2 Å². The summed E-state index contributed by atoms with van der Waals surface area (Å²) in [4.78, 5) is 23.5. The van der Waals surface area contributed by atoms with E-state index in [0.29, 0.717) is 11.6 Å². The van der Waals surface area contributed by atoms with E-state index in [-0.39, 0.29) is 11.9 Å². The molecule has 0 spiro atoms. The number of allylic oxidation sites excluding steroid dienone is 2. The van der Waals surface area contributed by atoms with Crippen LogP contribution in [0.4, 0.5) is 15.9 Å². The van der Waals surface area contributed by atoms with E-state index in [2.05, 4.69) is 46.2 Å². The van der Waals surface area contributed by atoms with Crippen LogP contribution in [0.1, 0.15) is 64.5 Å². The Labute approximate surface area is 199 Å². The van der Waals surface area contributed by atoms with Gasteiger partial charge in [-0.3, -0.25) is 9.89 Å². The van der Waals surface area contributed by atoms with Crippen LogP contribution in [0.3, 0.4) is 0 Å². The summed E-state index contributed by atoms with van der Waals surface area (Å²) in [5, 5.41) is 13.5. The molecule has 1 aliphatic heterocycles. The fourth-order valence-electron chi connectivity index (χ4n) is 4.46. The summed E-state index contributed by atoms with van der Waals surface area (Å²) in [5.41, 5.74) is 4.47. The Morgan fingerprint density at radius 3 is 2.82 bits per heavy atom. The van der Waals surface area contributed by atoms with Gasteiger partial charge in [0.25, 0.3) is 0 Å². The Morgan fingerprint density at radius 1 is 1.29 bits per heavy atom. The summed E-state index contributed by atoms with van der Waals surface area (Å²) in [5.74, 6) is 1.23. The van der Waals surface area contributed by atoms with Gasteiger partial charge in [-0.15, -0.1) is 0 Å². The molecule has 9 heteroatoms. The van der Waals surface area contributed by atoms with Crippen LogP contribution in [-0.2, 0) is 4.79 Å². The van der Waals surface area contributed by atoms with Gasteiger partial charge in [0.2, 0.25) is 11.9 Å². The number of aliphatic imine (C=N–C) groups is 1. The lowest BCUT2D eigenvalue weighted by Crippen LogP contribution is -2.42. The highest BCUT2D eigenvalue weighted by Gasteiger charge is 2.32. The lowest BCUT2D eigenvalue weighted by molar-refractivity contribution is -0.119. The van der Waals surface area contributed by atoms with Gasteiger partial charge in [-0.2, -0.15) is 9.49 Å². The molecule has 1 atom stereocenters. The zero-order valence-electron chi connectivity index (χ0n) is 20.0. The quantitative estimate of drug-likeness (QED) is 0.305. The van der Waals surface area contributed by atoms with Crippen LogP contribution < -0.4 is 10.6 Å². The van der Waals surface area contributed by atoms with Crippen molar-refractivity contribution in [1.82, 2.24) is 20.1 Å². The zero-order valence-corrected chi connectivity index (χ0v) is 20.0. The zero-order chi connectivity index (χ0) is 24.2. The fraction of sp³-hybridized carbons (Fsp3) is 0.440. The maximum Gasteiger partial charge on any atom is 0.247 e. The third kappa shape index (κ3) is 5.35. The second kappa shape index (κ2) is 10.2. The van der Waals surface area contributed by atoms with Gasteiger partial charge in [-0.05, 0) is 62.7 Å². The van der Waals surface area contributed by atoms with Gasteiger partial charge in [0.15, 0.2) is 5.82 Å². The molecule has 1 fully saturated rings. The number of H-pyrrole nitrogens is 1. The van der Waals surface area contributed by atoms with E-state index < -0.39 is 5.95 Å². The number of hydrogen-bond acceptors (Lipinski definition) is 5. The average molecular weight is 466 g/mol. The minimum atomic E-state index is -0.576. The van der Waals surface area contributed by atoms with E-state index in [1.165, 1.54) is 18.3 Å². The fourth-order valence-corrected chi connectivity index (χ4v) is 4.46. The number of carbonyl (C=O) groups excluding carboxylic acids is 1. The van der Waals surface area contributed by atoms with Gasteiger partial charge >= 0.3 is 0 Å². The number of halogens is 1. The predicted molar refractivity (Wildman–Crippen MR) is 132 cm³/mol. The maximum atomic E-state index is 13.1. The van der Waals surface area contributed by atoms with Gasteiger partial charge in [0.05, 0.1) is 11.9 Å². The standard InChI is InChI=1S/C25H32FN7O/c1-15(2)21-13-24(32-31-21)28-16(3)19-7-5-8-20(19)29-17(4)33-12-6-9-22(33)25(34)30-18-10-11-23(26)27-14-18/h10-11,13-15,22H,3,5-9,12H2,1-2,4H3,(H,30,34)(H2,28,31,32)/b29-17+. The predicted octanol–water partition coefficient (Wildman–Crippen LogP) is 4.95. The van der Waals surface area contributed by atoms with Crippen molar-refractivity contribution in [3.63, 3.8) is 0 Å². The number of pyridine rings is 1. The normalized spacial score (nSPS) is 18.7. The molecule has 2 aromatic rings. The molecule has 1 aliphatic carbocycles. The summed E-state index contributed by atoms with van der Waals surface area (Å²) in [6.45, 7) is 11.2. The number of carbonyl (C=O) groups is 1. The van der Waals surface area contributed by atoms with Crippen LogP contribution in [0.25, 0.3) is 0 Å². The first-order chi connectivity index (χ1) is 16.3. The molecule has 2 aromatic heterocycles. The second-order valence-corrected chi connectivity index (χ2v) is 9.11. The average Bonchev–Trinajstić information content (AvgIpc) is 3.55. The number of amidine groups is 1. The van der Waals surface area contributed by atoms with Crippen molar-refractivity contribution in [2.75, 3.05) is 17.2 Å². The van der Waals surface area contributed by atoms with E-state index >= 15 is 0 Å². The Morgan fingerprint density at radius 2 is 2.12 bits per heavy atom. The highest BCUT2D eigenvalue weighted by Crippen LogP contribution is 2.33. The molecule has 8 nitrogen and oxygen atoms in total. The van der Waals surface area contributed by atoms with Crippen molar-refractivity contribution in [3.8, 4) is 0 Å². The van der Waals surface area contributed by atoms with Gasteiger partial charge in [-0.25, -0.2) is 9.98 Å². The number of likely N-dealkylation sites (tertiary alicyclic amines) is 1. The van der Waals surface area contributed by atoms with Crippen LogP contribution in [0.5, 0.6) is 0 Å². The maximum absolute atomic E-state index is 13.1. The topological polar surface area (TPSA) is 98.3 Å². The van der Waals surface area contributed by atoms with Crippen molar-refractivity contribution in [3.05, 3.63) is 59.6 Å². The first kappa shape index (κ1) is 23.7. The number of nitrogens with zero attached hydrogens (tertiary/aromatic N) is 4. The molecule has 0 bridgehead atoms. The smallest absolute Gasteiger partial charge is 0.247 e. The number of aromatic nitrogens is 3. The molecule has 1 unspecified atom stereocenters. The van der Waals surface area contributed by atoms with E-state index in [0.717, 1.165) is 73.0 Å². The van der Waals surface area contributed by atoms with E-state index in [9.17, 15) is 9.18 Å². The summed E-state index contributed by atoms with van der Waals surface area (Å²) in [7, 11) is 0. The molecule has 0 aromatic carbocycles. The van der Waals surface area contributed by atoms with Crippen LogP contribution in [0.2, 0.25) is 0 Å². The molecule has 3 N–H and O–H groups in total. The number of amides is 1. The molecule has 180 valence electrons. The molecule has 1 saturated heterocycles. The van der Waals surface area contributed by atoms with Gasteiger partial charge < -0.3 is 15.5 Å². The SMILES string of the molecule is C=C(Nc1cc(C(C)C)[nH]n1)C1=C(/N=C(\C)N2CCCC2C(=O)Nc2ccc(F)nc2)CCC1. The third-order valence-electron chi connectivity index (χ3n) is 6.31. The molecule has 0 saturated carbocycles. The molecular formula is C25H32FN7O. The van der Waals surface area contributed by atoms with Crippen LogP contribution in [-0.4, -0.2) is 44.4 Å². The number of rotatable bonds is 7. The lowest BCUT2D eigenvalue weighted by Gasteiger charge is -2.25. The highest BCUT2D eigenvalue weighted by molar-refractivity contribution is 5.98. The Balaban J connectivity index is 1.46. The number of nitrogens with one attached hydrogen (secondary N) is 3. The first-order valence-corrected chi connectivity index (χ1v) is 11.8. The monoisotopic (exact) mass is 465 g/mol. The summed E-state index contributed by atoms with van der Waals surface area (Å²) < 4.78 is 13.1. The first-order valence-electron chi connectivity index (χ1n) is 11.8. The molecule has 2 aliphatic rings. The summed E-state index contributed by atoms with van der Waals surface area (Å²) in [6.07, 6.45) is 5.76. The largest absolute Gasteiger partial charge is 0.348 e. The molecule has 1 amide bonds. The second-order valence-electron chi connectivity index (χ2n) is 9.11.